The Kier molecular flexibility index (Phi) is 4.29. The zero-order valence-corrected chi connectivity index (χ0v) is 13.1. The lowest BCUT2D eigenvalue weighted by atomic mass is 10.1. The molecule has 0 amide bonds. The van der Waals surface area contributed by atoms with Gasteiger partial charge < -0.3 is 19.2 Å². The SMILES string of the molecule is Cc1ccc(CNC2CCCN(c3nccn(C)c3=O)C2)o1. The fraction of sp³-hybridized carbons (Fsp3) is 0.500. The first-order valence-corrected chi connectivity index (χ1v) is 7.69. The van der Waals surface area contributed by atoms with Crippen LogP contribution in [0.1, 0.15) is 24.4 Å². The molecular formula is C16H22N4O2. The van der Waals surface area contributed by atoms with Gasteiger partial charge in [0.1, 0.15) is 11.5 Å². The Balaban J connectivity index is 1.64. The first kappa shape index (κ1) is 14.8. The minimum atomic E-state index is -0.0372. The van der Waals surface area contributed by atoms with Crippen molar-refractivity contribution in [3.63, 3.8) is 0 Å². The summed E-state index contributed by atoms with van der Waals surface area (Å²) >= 11 is 0. The lowest BCUT2D eigenvalue weighted by molar-refractivity contribution is 0.388. The number of piperidine rings is 1. The van der Waals surface area contributed by atoms with Crippen molar-refractivity contribution in [2.24, 2.45) is 7.05 Å². The van der Waals surface area contributed by atoms with E-state index in [0.29, 0.717) is 18.4 Å². The molecule has 1 atom stereocenters. The second kappa shape index (κ2) is 6.36. The van der Waals surface area contributed by atoms with Gasteiger partial charge in [-0.2, -0.15) is 0 Å². The van der Waals surface area contributed by atoms with E-state index in [1.54, 1.807) is 24.0 Å². The first-order valence-electron chi connectivity index (χ1n) is 7.69. The molecule has 2 aromatic heterocycles. The second-order valence-corrected chi connectivity index (χ2v) is 5.85. The molecule has 0 aromatic carbocycles. The molecule has 22 heavy (non-hydrogen) atoms. The van der Waals surface area contributed by atoms with Gasteiger partial charge in [-0.1, -0.05) is 0 Å². The summed E-state index contributed by atoms with van der Waals surface area (Å²) in [6.07, 6.45) is 5.52. The van der Waals surface area contributed by atoms with E-state index in [-0.39, 0.29) is 5.56 Å². The van der Waals surface area contributed by atoms with Gasteiger partial charge in [-0.3, -0.25) is 4.79 Å². The van der Waals surface area contributed by atoms with Gasteiger partial charge in [-0.15, -0.1) is 0 Å². The van der Waals surface area contributed by atoms with Gasteiger partial charge in [-0.05, 0) is 31.9 Å². The van der Waals surface area contributed by atoms with E-state index in [2.05, 4.69) is 15.2 Å². The predicted octanol–water partition coefficient (Wildman–Crippen LogP) is 1.44. The van der Waals surface area contributed by atoms with Crippen LogP contribution in [0, 0.1) is 6.92 Å². The Bertz CT molecular complexity index is 691. The van der Waals surface area contributed by atoms with Crippen molar-refractivity contribution >= 4 is 5.82 Å². The molecule has 6 heteroatoms. The molecule has 1 unspecified atom stereocenters. The van der Waals surface area contributed by atoms with E-state index in [1.807, 2.05) is 19.1 Å². The van der Waals surface area contributed by atoms with Crippen molar-refractivity contribution in [3.05, 3.63) is 46.4 Å². The number of anilines is 1. The van der Waals surface area contributed by atoms with Crippen LogP contribution in [0.3, 0.4) is 0 Å². The molecule has 1 saturated heterocycles. The van der Waals surface area contributed by atoms with Gasteiger partial charge >= 0.3 is 0 Å². The van der Waals surface area contributed by atoms with Gasteiger partial charge in [0.05, 0.1) is 6.54 Å². The van der Waals surface area contributed by atoms with E-state index in [0.717, 1.165) is 37.5 Å². The van der Waals surface area contributed by atoms with Crippen LogP contribution in [0.5, 0.6) is 0 Å². The molecule has 3 rings (SSSR count). The molecule has 0 spiro atoms. The molecule has 0 radical (unpaired) electrons. The van der Waals surface area contributed by atoms with Crippen molar-refractivity contribution in [1.82, 2.24) is 14.9 Å². The smallest absolute Gasteiger partial charge is 0.293 e. The van der Waals surface area contributed by atoms with E-state index in [9.17, 15) is 4.79 Å². The van der Waals surface area contributed by atoms with Crippen LogP contribution in [0.4, 0.5) is 5.82 Å². The number of nitrogens with one attached hydrogen (secondary N) is 1. The molecule has 118 valence electrons. The first-order chi connectivity index (χ1) is 10.6. The Hall–Kier alpha value is -2.08. The molecule has 0 bridgehead atoms. The molecule has 6 nitrogen and oxygen atoms in total. The average Bonchev–Trinajstić information content (AvgIpc) is 2.94. The topological polar surface area (TPSA) is 63.3 Å². The molecule has 1 N–H and O–H groups in total. The number of rotatable bonds is 4. The summed E-state index contributed by atoms with van der Waals surface area (Å²) in [5, 5.41) is 3.51. The highest BCUT2D eigenvalue weighted by Gasteiger charge is 2.22. The van der Waals surface area contributed by atoms with Gasteiger partial charge in [-0.25, -0.2) is 4.98 Å². The van der Waals surface area contributed by atoms with E-state index in [1.165, 1.54) is 0 Å². The van der Waals surface area contributed by atoms with Crippen LogP contribution in [0.2, 0.25) is 0 Å². The highest BCUT2D eigenvalue weighted by molar-refractivity contribution is 5.36. The molecule has 1 aliphatic rings. The largest absolute Gasteiger partial charge is 0.465 e. The summed E-state index contributed by atoms with van der Waals surface area (Å²) in [6.45, 7) is 4.34. The molecule has 2 aromatic rings. The Labute approximate surface area is 129 Å². The summed E-state index contributed by atoms with van der Waals surface area (Å²) in [4.78, 5) is 18.5. The van der Waals surface area contributed by atoms with Crippen LogP contribution in [-0.4, -0.2) is 28.7 Å². The number of hydrogen-bond acceptors (Lipinski definition) is 5. The lowest BCUT2D eigenvalue weighted by Gasteiger charge is -2.33. The molecule has 1 aliphatic heterocycles. The monoisotopic (exact) mass is 302 g/mol. The van der Waals surface area contributed by atoms with E-state index >= 15 is 0 Å². The van der Waals surface area contributed by atoms with Crippen molar-refractivity contribution in [2.45, 2.75) is 32.4 Å². The van der Waals surface area contributed by atoms with Gasteiger partial charge in [0.2, 0.25) is 0 Å². The number of aromatic nitrogens is 2. The van der Waals surface area contributed by atoms with Crippen molar-refractivity contribution in [3.8, 4) is 0 Å². The van der Waals surface area contributed by atoms with Gasteiger partial charge in [0.25, 0.3) is 5.56 Å². The number of hydrogen-bond donors (Lipinski definition) is 1. The normalized spacial score (nSPS) is 18.6. The number of aryl methyl sites for hydroxylation is 2. The van der Waals surface area contributed by atoms with E-state index < -0.39 is 0 Å². The quantitative estimate of drug-likeness (QED) is 0.926. The summed E-state index contributed by atoms with van der Waals surface area (Å²) in [6, 6.07) is 4.31. The third-order valence-electron chi connectivity index (χ3n) is 4.08. The highest BCUT2D eigenvalue weighted by Crippen LogP contribution is 2.15. The summed E-state index contributed by atoms with van der Waals surface area (Å²) < 4.78 is 7.15. The van der Waals surface area contributed by atoms with Crippen LogP contribution >= 0.6 is 0 Å². The fourth-order valence-electron chi connectivity index (χ4n) is 2.86. The fourth-order valence-corrected chi connectivity index (χ4v) is 2.86. The second-order valence-electron chi connectivity index (χ2n) is 5.85. The van der Waals surface area contributed by atoms with Crippen LogP contribution in [0.25, 0.3) is 0 Å². The molecule has 0 saturated carbocycles. The zero-order chi connectivity index (χ0) is 15.5. The Morgan fingerprint density at radius 1 is 1.45 bits per heavy atom. The maximum Gasteiger partial charge on any atom is 0.293 e. The number of furan rings is 1. The summed E-state index contributed by atoms with van der Waals surface area (Å²) in [5.41, 5.74) is -0.0372. The average molecular weight is 302 g/mol. The standard InChI is InChI=1S/C16H22N4O2/c1-12-5-6-14(22-12)10-18-13-4-3-8-20(11-13)15-16(21)19(2)9-7-17-15/h5-7,9,13,18H,3-4,8,10-11H2,1-2H3. The maximum atomic E-state index is 12.2. The van der Waals surface area contributed by atoms with Crippen molar-refractivity contribution in [1.29, 1.82) is 0 Å². The maximum absolute atomic E-state index is 12.2. The zero-order valence-electron chi connectivity index (χ0n) is 13.1. The van der Waals surface area contributed by atoms with Crippen molar-refractivity contribution in [2.75, 3.05) is 18.0 Å². The highest BCUT2D eigenvalue weighted by atomic mass is 16.3. The molecule has 3 heterocycles. The lowest BCUT2D eigenvalue weighted by Crippen LogP contribution is -2.47. The van der Waals surface area contributed by atoms with Gasteiger partial charge in [0, 0.05) is 38.6 Å². The molecule has 1 fully saturated rings. The van der Waals surface area contributed by atoms with E-state index in [4.69, 9.17) is 4.42 Å². The Morgan fingerprint density at radius 2 is 2.32 bits per heavy atom. The Morgan fingerprint density at radius 3 is 3.09 bits per heavy atom. The van der Waals surface area contributed by atoms with Crippen LogP contribution in [0.15, 0.2) is 33.7 Å². The molecule has 0 aliphatic carbocycles. The third kappa shape index (κ3) is 3.22. The van der Waals surface area contributed by atoms with Crippen LogP contribution < -0.4 is 15.8 Å². The summed E-state index contributed by atoms with van der Waals surface area (Å²) in [7, 11) is 1.76. The number of nitrogens with zero attached hydrogens (tertiary/aromatic N) is 3. The minimum absolute atomic E-state index is 0.0372. The third-order valence-corrected chi connectivity index (χ3v) is 4.08. The molecular weight excluding hydrogens is 280 g/mol. The van der Waals surface area contributed by atoms with Gasteiger partial charge in [0.15, 0.2) is 5.82 Å². The van der Waals surface area contributed by atoms with Crippen molar-refractivity contribution < 1.29 is 4.42 Å². The predicted molar refractivity (Wildman–Crippen MR) is 85.0 cm³/mol. The minimum Gasteiger partial charge on any atom is -0.465 e. The summed E-state index contributed by atoms with van der Waals surface area (Å²) in [5.74, 6) is 2.42. The van der Waals surface area contributed by atoms with Crippen LogP contribution in [-0.2, 0) is 13.6 Å².